The van der Waals surface area contributed by atoms with E-state index in [-0.39, 0.29) is 4.75 Å². The summed E-state index contributed by atoms with van der Waals surface area (Å²) < 4.78 is 24.9. The molecule has 0 aliphatic carbocycles. The SMILES string of the molecule is COC(OC)C(C)(C)NS(=O)C(C)(C)C. The monoisotopic (exact) mass is 237 g/mol. The lowest BCUT2D eigenvalue weighted by molar-refractivity contribution is -0.141. The summed E-state index contributed by atoms with van der Waals surface area (Å²) >= 11 is 0. The summed E-state index contributed by atoms with van der Waals surface area (Å²) in [5.74, 6) is 0. The first-order valence-corrected chi connectivity index (χ1v) is 6.05. The number of methoxy groups -OCH3 is 2. The first-order valence-electron chi connectivity index (χ1n) is 4.90. The third kappa shape index (κ3) is 4.59. The van der Waals surface area contributed by atoms with Crippen molar-refractivity contribution < 1.29 is 13.7 Å². The first kappa shape index (κ1) is 15.0. The molecule has 0 heterocycles. The van der Waals surface area contributed by atoms with Crippen LogP contribution in [0.2, 0.25) is 0 Å². The van der Waals surface area contributed by atoms with Crippen LogP contribution in [0.25, 0.3) is 0 Å². The first-order chi connectivity index (χ1) is 6.65. The van der Waals surface area contributed by atoms with Crippen molar-refractivity contribution in [3.63, 3.8) is 0 Å². The zero-order valence-electron chi connectivity index (χ0n) is 10.7. The van der Waals surface area contributed by atoms with Gasteiger partial charge in [-0.3, -0.25) is 0 Å². The molecule has 0 aromatic carbocycles. The summed E-state index contributed by atoms with van der Waals surface area (Å²) in [4.78, 5) is 0. The van der Waals surface area contributed by atoms with Crippen LogP contribution in [0, 0.1) is 0 Å². The van der Waals surface area contributed by atoms with Crippen LogP contribution in [-0.2, 0) is 20.5 Å². The van der Waals surface area contributed by atoms with Gasteiger partial charge in [-0.2, -0.15) is 0 Å². The number of nitrogens with one attached hydrogen (secondary N) is 1. The molecule has 0 amide bonds. The number of hydrogen-bond acceptors (Lipinski definition) is 3. The van der Waals surface area contributed by atoms with Gasteiger partial charge >= 0.3 is 0 Å². The standard InChI is InChI=1S/C10H23NO3S/c1-9(2,3)15(12)11-10(4,5)8(13-6)14-7/h8,11H,1-7H3. The molecule has 92 valence electrons. The van der Waals surface area contributed by atoms with E-state index in [0.717, 1.165) is 0 Å². The molecule has 0 saturated heterocycles. The second-order valence-corrected chi connectivity index (χ2v) is 6.97. The Bertz CT molecular complexity index is 219. The average Bonchev–Trinajstić information content (AvgIpc) is 2.02. The van der Waals surface area contributed by atoms with Gasteiger partial charge in [0.05, 0.1) is 21.3 Å². The average molecular weight is 237 g/mol. The molecular formula is C10H23NO3S. The van der Waals surface area contributed by atoms with Crippen molar-refractivity contribution in [1.82, 2.24) is 4.72 Å². The van der Waals surface area contributed by atoms with Gasteiger partial charge < -0.3 is 9.47 Å². The normalized spacial score (nSPS) is 15.7. The summed E-state index contributed by atoms with van der Waals surface area (Å²) in [7, 11) is 1.99. The zero-order valence-corrected chi connectivity index (χ0v) is 11.5. The van der Waals surface area contributed by atoms with Gasteiger partial charge in [-0.15, -0.1) is 0 Å². The molecule has 0 radical (unpaired) electrons. The number of hydrogen-bond donors (Lipinski definition) is 1. The highest BCUT2D eigenvalue weighted by Gasteiger charge is 2.34. The van der Waals surface area contributed by atoms with E-state index in [9.17, 15) is 4.21 Å². The van der Waals surface area contributed by atoms with E-state index in [4.69, 9.17) is 9.47 Å². The molecule has 4 nitrogen and oxygen atoms in total. The van der Waals surface area contributed by atoms with Gasteiger partial charge in [0, 0.05) is 14.2 Å². The summed E-state index contributed by atoms with van der Waals surface area (Å²) in [5.41, 5.74) is -0.498. The maximum Gasteiger partial charge on any atom is 0.175 e. The molecule has 0 fully saturated rings. The summed E-state index contributed by atoms with van der Waals surface area (Å²) in [6, 6.07) is 0. The van der Waals surface area contributed by atoms with E-state index in [2.05, 4.69) is 4.72 Å². The van der Waals surface area contributed by atoms with Crippen LogP contribution in [0.5, 0.6) is 0 Å². The molecule has 0 aliphatic heterocycles. The van der Waals surface area contributed by atoms with E-state index in [1.165, 1.54) is 0 Å². The van der Waals surface area contributed by atoms with Crippen molar-refractivity contribution in [2.45, 2.75) is 51.2 Å². The Morgan fingerprint density at radius 3 is 1.73 bits per heavy atom. The molecule has 0 aromatic heterocycles. The predicted molar refractivity (Wildman–Crippen MR) is 62.9 cm³/mol. The molecule has 1 atom stereocenters. The Kier molecular flexibility index (Phi) is 5.40. The second kappa shape index (κ2) is 5.39. The minimum absolute atomic E-state index is 0.302. The molecule has 0 spiro atoms. The Balaban J connectivity index is 4.56. The van der Waals surface area contributed by atoms with Gasteiger partial charge in [-0.1, -0.05) is 0 Å². The molecule has 0 saturated carbocycles. The van der Waals surface area contributed by atoms with Gasteiger partial charge in [0.2, 0.25) is 0 Å². The van der Waals surface area contributed by atoms with Gasteiger partial charge in [-0.25, -0.2) is 8.93 Å². The fraction of sp³-hybridized carbons (Fsp3) is 1.00. The van der Waals surface area contributed by atoms with Gasteiger partial charge in [0.25, 0.3) is 0 Å². The zero-order chi connectivity index (χ0) is 12.3. The van der Waals surface area contributed by atoms with Crippen LogP contribution in [0.3, 0.4) is 0 Å². The molecule has 0 aromatic rings. The Hall–Kier alpha value is 0.0300. The maximum absolute atomic E-state index is 11.9. The molecular weight excluding hydrogens is 214 g/mol. The lowest BCUT2D eigenvalue weighted by Gasteiger charge is -2.34. The van der Waals surface area contributed by atoms with Gasteiger partial charge in [0.1, 0.15) is 0 Å². The minimum atomic E-state index is -1.14. The van der Waals surface area contributed by atoms with Gasteiger partial charge in [0.15, 0.2) is 6.29 Å². The van der Waals surface area contributed by atoms with Crippen LogP contribution in [0.4, 0.5) is 0 Å². The highest BCUT2D eigenvalue weighted by molar-refractivity contribution is 7.84. The summed E-state index contributed by atoms with van der Waals surface area (Å²) in [6.07, 6.45) is -0.427. The maximum atomic E-state index is 11.9. The van der Waals surface area contributed by atoms with E-state index >= 15 is 0 Å². The van der Waals surface area contributed by atoms with Crippen LogP contribution < -0.4 is 4.72 Å². The Morgan fingerprint density at radius 2 is 1.47 bits per heavy atom. The molecule has 15 heavy (non-hydrogen) atoms. The van der Waals surface area contributed by atoms with Crippen molar-refractivity contribution in [3.8, 4) is 0 Å². The fourth-order valence-corrected chi connectivity index (χ4v) is 2.01. The largest absolute Gasteiger partial charge is 0.354 e. The van der Waals surface area contributed by atoms with Crippen molar-refractivity contribution in [1.29, 1.82) is 0 Å². The smallest absolute Gasteiger partial charge is 0.175 e. The van der Waals surface area contributed by atoms with Crippen molar-refractivity contribution in [2.24, 2.45) is 0 Å². The summed E-state index contributed by atoms with van der Waals surface area (Å²) in [6.45, 7) is 9.55. The van der Waals surface area contributed by atoms with Crippen LogP contribution >= 0.6 is 0 Å². The Labute approximate surface area is 95.3 Å². The van der Waals surface area contributed by atoms with Crippen molar-refractivity contribution in [2.75, 3.05) is 14.2 Å². The molecule has 1 N–H and O–H groups in total. The predicted octanol–water partition coefficient (Wildman–Crippen LogP) is 1.44. The number of ether oxygens (including phenoxy) is 2. The fourth-order valence-electron chi connectivity index (χ4n) is 1.13. The molecule has 5 heteroatoms. The van der Waals surface area contributed by atoms with Crippen molar-refractivity contribution in [3.05, 3.63) is 0 Å². The highest BCUT2D eigenvalue weighted by Crippen LogP contribution is 2.17. The lowest BCUT2D eigenvalue weighted by Crippen LogP contribution is -2.54. The van der Waals surface area contributed by atoms with E-state index in [0.29, 0.717) is 0 Å². The number of rotatable bonds is 5. The molecule has 1 unspecified atom stereocenters. The molecule has 0 rings (SSSR count). The second-order valence-electron chi connectivity index (χ2n) is 5.01. The molecule has 0 aliphatic rings. The van der Waals surface area contributed by atoms with Gasteiger partial charge in [-0.05, 0) is 34.6 Å². The third-order valence-electron chi connectivity index (χ3n) is 1.93. The lowest BCUT2D eigenvalue weighted by atomic mass is 10.1. The van der Waals surface area contributed by atoms with E-state index in [1.54, 1.807) is 14.2 Å². The Morgan fingerprint density at radius 1 is 1.07 bits per heavy atom. The minimum Gasteiger partial charge on any atom is -0.354 e. The van der Waals surface area contributed by atoms with E-state index in [1.807, 2.05) is 34.6 Å². The topological polar surface area (TPSA) is 47.6 Å². The molecule has 0 bridgehead atoms. The highest BCUT2D eigenvalue weighted by atomic mass is 32.2. The van der Waals surface area contributed by atoms with Crippen LogP contribution in [0.15, 0.2) is 0 Å². The third-order valence-corrected chi connectivity index (χ3v) is 3.75. The van der Waals surface area contributed by atoms with Crippen LogP contribution in [0.1, 0.15) is 34.6 Å². The van der Waals surface area contributed by atoms with Crippen LogP contribution in [-0.4, -0.2) is 35.0 Å². The van der Waals surface area contributed by atoms with E-state index < -0.39 is 22.8 Å². The quantitative estimate of drug-likeness (QED) is 0.736. The van der Waals surface area contributed by atoms with Crippen molar-refractivity contribution >= 4 is 11.0 Å². The summed E-state index contributed by atoms with van der Waals surface area (Å²) in [5, 5.41) is 0.